The van der Waals surface area contributed by atoms with E-state index >= 15 is 0 Å². The van der Waals surface area contributed by atoms with Crippen LogP contribution < -0.4 is 5.32 Å². The van der Waals surface area contributed by atoms with Gasteiger partial charge in [0.25, 0.3) is 0 Å². The van der Waals surface area contributed by atoms with Gasteiger partial charge in [0, 0.05) is 6.54 Å². The van der Waals surface area contributed by atoms with Crippen LogP contribution in [0, 0.1) is 0 Å². The Morgan fingerprint density at radius 1 is 0.955 bits per heavy atom. The Morgan fingerprint density at radius 2 is 1.45 bits per heavy atom. The minimum absolute atomic E-state index is 0.0407. The summed E-state index contributed by atoms with van der Waals surface area (Å²) >= 11 is 0. The van der Waals surface area contributed by atoms with Crippen LogP contribution in [-0.4, -0.2) is 31.4 Å². The summed E-state index contributed by atoms with van der Waals surface area (Å²) in [5, 5.41) is 3.08. The quantitative estimate of drug-likeness (QED) is 0.888. The van der Waals surface area contributed by atoms with Gasteiger partial charge < -0.3 is 5.32 Å². The van der Waals surface area contributed by atoms with E-state index in [0.717, 1.165) is 5.56 Å². The van der Waals surface area contributed by atoms with Crippen molar-refractivity contribution < 1.29 is 4.79 Å². The number of nitrogens with one attached hydrogen (secondary N) is 1. The number of hydrogen-bond donors (Lipinski definition) is 1. The lowest BCUT2D eigenvalue weighted by Crippen LogP contribution is -2.38. The summed E-state index contributed by atoms with van der Waals surface area (Å²) < 4.78 is 0. The van der Waals surface area contributed by atoms with Crippen LogP contribution in [0.1, 0.15) is 30.0 Å². The fourth-order valence-corrected chi connectivity index (χ4v) is 2.57. The zero-order valence-corrected chi connectivity index (χ0v) is 13.5. The summed E-state index contributed by atoms with van der Waals surface area (Å²) in [7, 11) is 3.86. The van der Waals surface area contributed by atoms with Gasteiger partial charge in [-0.05, 0) is 31.1 Å². The molecule has 116 valence electrons. The molecule has 2 atom stereocenters. The van der Waals surface area contributed by atoms with E-state index in [-0.39, 0.29) is 11.9 Å². The lowest BCUT2D eigenvalue weighted by molar-refractivity contribution is -0.125. The van der Waals surface area contributed by atoms with E-state index in [9.17, 15) is 4.79 Å². The number of carbonyl (C=O) groups is 1. The molecule has 2 rings (SSSR count). The van der Waals surface area contributed by atoms with Crippen LogP contribution in [-0.2, 0) is 4.79 Å². The van der Waals surface area contributed by atoms with Crippen molar-refractivity contribution in [3.8, 4) is 0 Å². The van der Waals surface area contributed by atoms with Gasteiger partial charge in [0.1, 0.15) is 6.04 Å². The predicted molar refractivity (Wildman–Crippen MR) is 90.7 cm³/mol. The number of rotatable bonds is 6. The first-order chi connectivity index (χ1) is 10.6. The Kier molecular flexibility index (Phi) is 5.73. The molecule has 0 spiro atoms. The highest BCUT2D eigenvalue weighted by molar-refractivity contribution is 5.83. The molecule has 0 fully saturated rings. The van der Waals surface area contributed by atoms with Crippen molar-refractivity contribution in [1.29, 1.82) is 0 Å². The largest absolute Gasteiger partial charge is 0.354 e. The van der Waals surface area contributed by atoms with E-state index in [1.807, 2.05) is 67.5 Å². The van der Waals surface area contributed by atoms with Gasteiger partial charge in [0.05, 0.1) is 0 Å². The average Bonchev–Trinajstić information content (AvgIpc) is 2.54. The highest BCUT2D eigenvalue weighted by Crippen LogP contribution is 2.19. The predicted octanol–water partition coefficient (Wildman–Crippen LogP) is 3.21. The molecule has 0 aliphatic rings. The number of hydrogen-bond acceptors (Lipinski definition) is 2. The first kappa shape index (κ1) is 16.2. The monoisotopic (exact) mass is 296 g/mol. The van der Waals surface area contributed by atoms with Crippen LogP contribution in [0.5, 0.6) is 0 Å². The van der Waals surface area contributed by atoms with Crippen LogP contribution >= 0.6 is 0 Å². The average molecular weight is 296 g/mol. The van der Waals surface area contributed by atoms with Crippen LogP contribution in [0.15, 0.2) is 60.7 Å². The maximum absolute atomic E-state index is 12.6. The fraction of sp³-hybridized carbons (Fsp3) is 0.316. The van der Waals surface area contributed by atoms with Crippen molar-refractivity contribution in [2.45, 2.75) is 18.9 Å². The van der Waals surface area contributed by atoms with E-state index in [2.05, 4.69) is 24.4 Å². The van der Waals surface area contributed by atoms with Crippen molar-refractivity contribution in [3.05, 3.63) is 71.8 Å². The summed E-state index contributed by atoms with van der Waals surface area (Å²) in [6.45, 7) is 2.77. The second kappa shape index (κ2) is 7.76. The van der Waals surface area contributed by atoms with Gasteiger partial charge in [-0.15, -0.1) is 0 Å². The third-order valence-electron chi connectivity index (χ3n) is 3.83. The zero-order chi connectivity index (χ0) is 15.9. The van der Waals surface area contributed by atoms with Crippen LogP contribution in [0.3, 0.4) is 0 Å². The molecule has 0 saturated heterocycles. The Morgan fingerprint density at radius 3 is 1.95 bits per heavy atom. The molecule has 2 aromatic carbocycles. The number of amides is 1. The Bertz CT molecular complexity index is 581. The van der Waals surface area contributed by atoms with Crippen LogP contribution in [0.2, 0.25) is 0 Å². The molecule has 0 bridgehead atoms. The van der Waals surface area contributed by atoms with Gasteiger partial charge in [-0.2, -0.15) is 0 Å². The minimum atomic E-state index is -0.260. The van der Waals surface area contributed by atoms with E-state index in [1.54, 1.807) is 0 Å². The van der Waals surface area contributed by atoms with Crippen molar-refractivity contribution in [1.82, 2.24) is 10.2 Å². The van der Waals surface area contributed by atoms with Gasteiger partial charge in [-0.25, -0.2) is 0 Å². The number of likely N-dealkylation sites (N-methyl/N-ethyl adjacent to an activating group) is 1. The Hall–Kier alpha value is -2.13. The molecular weight excluding hydrogens is 272 g/mol. The second-order valence-electron chi connectivity index (χ2n) is 5.83. The number of benzene rings is 2. The molecule has 1 amide bonds. The van der Waals surface area contributed by atoms with Crippen molar-refractivity contribution in [3.63, 3.8) is 0 Å². The Balaban J connectivity index is 2.00. The maximum atomic E-state index is 12.6. The van der Waals surface area contributed by atoms with Crippen molar-refractivity contribution in [2.24, 2.45) is 0 Å². The maximum Gasteiger partial charge on any atom is 0.241 e. The molecule has 3 heteroatoms. The smallest absolute Gasteiger partial charge is 0.241 e. The first-order valence-electron chi connectivity index (χ1n) is 7.63. The lowest BCUT2D eigenvalue weighted by Gasteiger charge is -2.24. The van der Waals surface area contributed by atoms with Crippen molar-refractivity contribution >= 4 is 5.91 Å². The topological polar surface area (TPSA) is 32.3 Å². The molecule has 0 heterocycles. The molecule has 1 N–H and O–H groups in total. The molecule has 22 heavy (non-hydrogen) atoms. The Labute approximate surface area is 133 Å². The van der Waals surface area contributed by atoms with Gasteiger partial charge in [0.2, 0.25) is 5.91 Å². The third-order valence-corrected chi connectivity index (χ3v) is 3.83. The minimum Gasteiger partial charge on any atom is -0.354 e. The standard InChI is InChI=1S/C19H24N2O/c1-15(16-10-6-4-7-11-16)14-20-19(22)18(21(2)3)17-12-8-5-9-13-17/h4-13,15,18H,14H2,1-3H3,(H,20,22)/t15-,18-/m1/s1. The molecule has 3 nitrogen and oxygen atoms in total. The van der Waals surface area contributed by atoms with Gasteiger partial charge in [-0.1, -0.05) is 67.6 Å². The summed E-state index contributed by atoms with van der Waals surface area (Å²) in [6.07, 6.45) is 0. The highest BCUT2D eigenvalue weighted by Gasteiger charge is 2.22. The van der Waals surface area contributed by atoms with Crippen molar-refractivity contribution in [2.75, 3.05) is 20.6 Å². The summed E-state index contributed by atoms with van der Waals surface area (Å²) in [5.41, 5.74) is 2.25. The van der Waals surface area contributed by atoms with E-state index in [4.69, 9.17) is 0 Å². The second-order valence-corrected chi connectivity index (χ2v) is 5.83. The summed E-state index contributed by atoms with van der Waals surface area (Å²) in [5.74, 6) is 0.336. The van der Waals surface area contributed by atoms with Gasteiger partial charge >= 0.3 is 0 Å². The number of carbonyl (C=O) groups excluding carboxylic acids is 1. The summed E-state index contributed by atoms with van der Waals surface area (Å²) in [4.78, 5) is 14.5. The summed E-state index contributed by atoms with van der Waals surface area (Å²) in [6, 6.07) is 19.9. The SMILES string of the molecule is C[C@H](CNC(=O)[C@@H](c1ccccc1)N(C)C)c1ccccc1. The molecule has 0 radical (unpaired) electrons. The zero-order valence-electron chi connectivity index (χ0n) is 13.5. The molecule has 0 unspecified atom stereocenters. The van der Waals surface area contributed by atoms with Crippen LogP contribution in [0.25, 0.3) is 0 Å². The molecule has 0 aliphatic carbocycles. The van der Waals surface area contributed by atoms with E-state index in [1.165, 1.54) is 5.56 Å². The molecule has 0 aromatic heterocycles. The molecular formula is C19H24N2O. The first-order valence-corrected chi connectivity index (χ1v) is 7.63. The fourth-order valence-electron chi connectivity index (χ4n) is 2.57. The molecule has 2 aromatic rings. The van der Waals surface area contributed by atoms with Crippen LogP contribution in [0.4, 0.5) is 0 Å². The van der Waals surface area contributed by atoms with Gasteiger partial charge in [-0.3, -0.25) is 9.69 Å². The third kappa shape index (κ3) is 4.18. The molecule has 0 saturated carbocycles. The lowest BCUT2D eigenvalue weighted by atomic mass is 10.0. The normalized spacial score (nSPS) is 13.6. The van der Waals surface area contributed by atoms with E-state index < -0.39 is 0 Å². The van der Waals surface area contributed by atoms with E-state index in [0.29, 0.717) is 12.5 Å². The number of nitrogens with zero attached hydrogens (tertiary/aromatic N) is 1. The van der Waals surface area contributed by atoms with Gasteiger partial charge in [0.15, 0.2) is 0 Å². The molecule has 0 aliphatic heterocycles. The highest BCUT2D eigenvalue weighted by atomic mass is 16.2.